The van der Waals surface area contributed by atoms with Gasteiger partial charge in [-0.1, -0.05) is 0 Å². The summed E-state index contributed by atoms with van der Waals surface area (Å²) in [6, 6.07) is 0. The third-order valence-electron chi connectivity index (χ3n) is 4.50. The van der Waals surface area contributed by atoms with Crippen LogP contribution in [0.25, 0.3) is 0 Å². The van der Waals surface area contributed by atoms with Gasteiger partial charge in [0, 0.05) is 31.8 Å². The van der Waals surface area contributed by atoms with E-state index in [2.05, 4.69) is 25.7 Å². The number of carbonyl (C=O) groups is 1. The van der Waals surface area contributed by atoms with Crippen molar-refractivity contribution in [2.75, 3.05) is 26.3 Å². The fourth-order valence-corrected chi connectivity index (χ4v) is 3.26. The van der Waals surface area contributed by atoms with Crippen LogP contribution in [0.5, 0.6) is 0 Å². The van der Waals surface area contributed by atoms with E-state index in [1.165, 1.54) is 0 Å². The number of hydrogen-bond donors (Lipinski definition) is 1. The molecule has 2 atom stereocenters. The van der Waals surface area contributed by atoms with Crippen molar-refractivity contribution < 1.29 is 14.6 Å². The maximum atomic E-state index is 11.5. The Morgan fingerprint density at radius 3 is 2.33 bits per heavy atom. The van der Waals surface area contributed by atoms with Crippen LogP contribution >= 0.6 is 0 Å². The Morgan fingerprint density at radius 1 is 1.22 bits per heavy atom. The lowest BCUT2D eigenvalue weighted by Gasteiger charge is -2.33. The molecule has 0 aromatic heterocycles. The summed E-state index contributed by atoms with van der Waals surface area (Å²) in [5.41, 5.74) is 0.0631. The van der Waals surface area contributed by atoms with Crippen molar-refractivity contribution in [3.05, 3.63) is 0 Å². The molecule has 0 bridgehead atoms. The van der Waals surface area contributed by atoms with Gasteiger partial charge in [0.2, 0.25) is 0 Å². The zero-order chi connectivity index (χ0) is 13.3. The molecule has 2 saturated heterocycles. The number of carboxylic acid groups (broad SMARTS) is 1. The molecule has 0 spiro atoms. The zero-order valence-corrected chi connectivity index (χ0v) is 11.7. The van der Waals surface area contributed by atoms with Crippen molar-refractivity contribution in [3.63, 3.8) is 0 Å². The fourth-order valence-electron chi connectivity index (χ4n) is 3.26. The van der Waals surface area contributed by atoms with Gasteiger partial charge in [0.25, 0.3) is 0 Å². The second kappa shape index (κ2) is 5.17. The van der Waals surface area contributed by atoms with E-state index < -0.39 is 5.97 Å². The standard InChI is InChI=1S/C14H25NO3/c1-14(2,3)15-8-11(12(9-15)13(16)17)10-4-6-18-7-5-10/h10-12H,4-9H2,1-3H3,(H,16,17)/t11-,12+/m1/s1. The average Bonchev–Trinajstić information content (AvgIpc) is 2.74. The Bertz CT molecular complexity index is 305. The predicted molar refractivity (Wildman–Crippen MR) is 69.5 cm³/mol. The average molecular weight is 255 g/mol. The SMILES string of the molecule is CC(C)(C)N1C[C@H](C(=O)O)[C@@H](C2CCOCC2)C1. The zero-order valence-electron chi connectivity index (χ0n) is 11.7. The van der Waals surface area contributed by atoms with Crippen molar-refractivity contribution >= 4 is 5.97 Å². The van der Waals surface area contributed by atoms with Gasteiger partial charge in [-0.15, -0.1) is 0 Å². The molecule has 2 aliphatic heterocycles. The van der Waals surface area contributed by atoms with Gasteiger partial charge in [0.1, 0.15) is 0 Å². The first kappa shape index (κ1) is 13.8. The van der Waals surface area contributed by atoms with Crippen molar-refractivity contribution in [2.45, 2.75) is 39.2 Å². The van der Waals surface area contributed by atoms with Gasteiger partial charge < -0.3 is 9.84 Å². The Hall–Kier alpha value is -0.610. The minimum absolute atomic E-state index is 0.0631. The maximum Gasteiger partial charge on any atom is 0.308 e. The second-order valence-corrected chi connectivity index (χ2v) is 6.63. The van der Waals surface area contributed by atoms with Crippen LogP contribution in [0.2, 0.25) is 0 Å². The highest BCUT2D eigenvalue weighted by Gasteiger charge is 2.44. The Kier molecular flexibility index (Phi) is 3.97. The highest BCUT2D eigenvalue weighted by atomic mass is 16.5. The number of ether oxygens (including phenoxy) is 1. The molecule has 2 heterocycles. The summed E-state index contributed by atoms with van der Waals surface area (Å²) >= 11 is 0. The molecule has 0 aliphatic carbocycles. The van der Waals surface area contributed by atoms with Crippen LogP contribution in [-0.2, 0) is 9.53 Å². The topological polar surface area (TPSA) is 49.8 Å². The predicted octanol–water partition coefficient (Wildman–Crippen LogP) is 1.84. The first-order chi connectivity index (χ1) is 8.39. The molecule has 2 fully saturated rings. The molecule has 0 amide bonds. The van der Waals surface area contributed by atoms with Crippen LogP contribution in [0, 0.1) is 17.8 Å². The monoisotopic (exact) mass is 255 g/mol. The first-order valence-corrected chi connectivity index (χ1v) is 6.95. The van der Waals surface area contributed by atoms with E-state index in [1.54, 1.807) is 0 Å². The van der Waals surface area contributed by atoms with Crippen molar-refractivity contribution in [1.82, 2.24) is 4.90 Å². The van der Waals surface area contributed by atoms with Crippen molar-refractivity contribution in [3.8, 4) is 0 Å². The Balaban J connectivity index is 2.09. The molecule has 2 rings (SSSR count). The van der Waals surface area contributed by atoms with Crippen LogP contribution < -0.4 is 0 Å². The van der Waals surface area contributed by atoms with Crippen LogP contribution in [-0.4, -0.2) is 47.8 Å². The lowest BCUT2D eigenvalue weighted by molar-refractivity contribution is -0.143. The summed E-state index contributed by atoms with van der Waals surface area (Å²) in [5, 5.41) is 9.44. The van der Waals surface area contributed by atoms with E-state index in [0.29, 0.717) is 18.4 Å². The van der Waals surface area contributed by atoms with Crippen molar-refractivity contribution in [2.24, 2.45) is 17.8 Å². The molecule has 1 N–H and O–H groups in total. The molecule has 2 aliphatic rings. The van der Waals surface area contributed by atoms with Gasteiger partial charge in [-0.2, -0.15) is 0 Å². The van der Waals surface area contributed by atoms with Gasteiger partial charge in [-0.25, -0.2) is 0 Å². The van der Waals surface area contributed by atoms with E-state index in [4.69, 9.17) is 4.74 Å². The summed E-state index contributed by atoms with van der Waals surface area (Å²) in [6.45, 7) is 9.70. The minimum Gasteiger partial charge on any atom is -0.481 e. The Labute approximate surface area is 109 Å². The maximum absolute atomic E-state index is 11.5. The summed E-state index contributed by atoms with van der Waals surface area (Å²) in [4.78, 5) is 13.8. The normalized spacial score (nSPS) is 31.7. The number of hydrogen-bond acceptors (Lipinski definition) is 3. The summed E-state index contributed by atoms with van der Waals surface area (Å²) in [5.74, 6) is -0.0107. The number of nitrogens with zero attached hydrogens (tertiary/aromatic N) is 1. The lowest BCUT2D eigenvalue weighted by Crippen LogP contribution is -2.40. The molecule has 0 saturated carbocycles. The van der Waals surface area contributed by atoms with Gasteiger partial charge >= 0.3 is 5.97 Å². The second-order valence-electron chi connectivity index (χ2n) is 6.63. The van der Waals surface area contributed by atoms with E-state index in [1.807, 2.05) is 0 Å². The fraction of sp³-hybridized carbons (Fsp3) is 0.929. The summed E-state index contributed by atoms with van der Waals surface area (Å²) < 4.78 is 5.39. The third kappa shape index (κ3) is 2.86. The lowest BCUT2D eigenvalue weighted by atomic mass is 9.80. The van der Waals surface area contributed by atoms with Crippen LogP contribution in [0.15, 0.2) is 0 Å². The smallest absolute Gasteiger partial charge is 0.308 e. The van der Waals surface area contributed by atoms with Gasteiger partial charge in [-0.05, 0) is 45.4 Å². The van der Waals surface area contributed by atoms with Crippen LogP contribution in [0.4, 0.5) is 0 Å². The van der Waals surface area contributed by atoms with E-state index >= 15 is 0 Å². The van der Waals surface area contributed by atoms with E-state index in [9.17, 15) is 9.90 Å². The van der Waals surface area contributed by atoms with Crippen LogP contribution in [0.3, 0.4) is 0 Å². The third-order valence-corrected chi connectivity index (χ3v) is 4.50. The minimum atomic E-state index is -0.627. The molecular formula is C14H25NO3. The van der Waals surface area contributed by atoms with Gasteiger partial charge in [0.15, 0.2) is 0 Å². The Morgan fingerprint density at radius 2 is 1.83 bits per heavy atom. The number of aliphatic carboxylic acids is 1. The molecule has 0 aromatic carbocycles. The van der Waals surface area contributed by atoms with Crippen LogP contribution in [0.1, 0.15) is 33.6 Å². The highest BCUT2D eigenvalue weighted by molar-refractivity contribution is 5.71. The quantitative estimate of drug-likeness (QED) is 0.818. The largest absolute Gasteiger partial charge is 0.481 e. The summed E-state index contributed by atoms with van der Waals surface area (Å²) in [6.07, 6.45) is 2.04. The summed E-state index contributed by atoms with van der Waals surface area (Å²) in [7, 11) is 0. The van der Waals surface area contributed by atoms with Crippen molar-refractivity contribution in [1.29, 1.82) is 0 Å². The molecule has 4 heteroatoms. The molecule has 0 unspecified atom stereocenters. The van der Waals surface area contributed by atoms with Gasteiger partial charge in [0.05, 0.1) is 5.92 Å². The molecular weight excluding hydrogens is 230 g/mol. The highest BCUT2D eigenvalue weighted by Crippen LogP contribution is 2.37. The molecule has 104 valence electrons. The number of carboxylic acids is 1. The first-order valence-electron chi connectivity index (χ1n) is 6.95. The molecule has 18 heavy (non-hydrogen) atoms. The molecule has 0 aromatic rings. The van der Waals surface area contributed by atoms with Gasteiger partial charge in [-0.3, -0.25) is 9.69 Å². The van der Waals surface area contributed by atoms with E-state index in [-0.39, 0.29) is 11.5 Å². The van der Waals surface area contributed by atoms with E-state index in [0.717, 1.165) is 32.6 Å². The molecule has 0 radical (unpaired) electrons. The number of likely N-dealkylation sites (tertiary alicyclic amines) is 1. The molecule has 4 nitrogen and oxygen atoms in total. The number of rotatable bonds is 2.